The molecular formula is C23H27ClN4. The number of rotatable bonds is 5. The standard InChI is InChI=1S/C23H27ClN4/c1-28(2)15-16-3-5-18(6-4-16)22-21(17-11-13-25-14-12-17)23(27-26-22)19-7-9-20(24)10-8-19/h7-14,16,18H,3-6,15H2,1-2H3,(H,26,27). The van der Waals surface area contributed by atoms with Crippen LogP contribution in [0.4, 0.5) is 0 Å². The Kier molecular flexibility index (Phi) is 5.79. The van der Waals surface area contributed by atoms with Gasteiger partial charge in [-0.3, -0.25) is 10.1 Å². The molecule has 0 atom stereocenters. The van der Waals surface area contributed by atoms with Crippen molar-refractivity contribution in [3.05, 3.63) is 59.5 Å². The molecule has 5 heteroatoms. The molecule has 1 fully saturated rings. The van der Waals surface area contributed by atoms with Gasteiger partial charge in [-0.25, -0.2) is 0 Å². The lowest BCUT2D eigenvalue weighted by Crippen LogP contribution is -2.25. The van der Waals surface area contributed by atoms with Crippen molar-refractivity contribution >= 4 is 11.6 Å². The van der Waals surface area contributed by atoms with Crippen LogP contribution in [-0.2, 0) is 0 Å². The van der Waals surface area contributed by atoms with Gasteiger partial charge in [0.1, 0.15) is 5.69 Å². The molecule has 4 rings (SSSR count). The molecule has 146 valence electrons. The molecule has 2 aromatic heterocycles. The van der Waals surface area contributed by atoms with Crippen LogP contribution in [-0.4, -0.2) is 40.7 Å². The Hall–Kier alpha value is -2.17. The Labute approximate surface area is 172 Å². The minimum Gasteiger partial charge on any atom is -0.309 e. The van der Waals surface area contributed by atoms with Crippen LogP contribution in [0.15, 0.2) is 48.8 Å². The molecule has 0 unspecified atom stereocenters. The molecule has 0 amide bonds. The highest BCUT2D eigenvalue weighted by Gasteiger charge is 2.28. The largest absolute Gasteiger partial charge is 0.309 e. The summed E-state index contributed by atoms with van der Waals surface area (Å²) >= 11 is 6.09. The van der Waals surface area contributed by atoms with Crippen molar-refractivity contribution in [2.24, 2.45) is 5.92 Å². The number of aromatic amines is 1. The second-order valence-electron chi connectivity index (χ2n) is 8.08. The maximum atomic E-state index is 6.09. The zero-order chi connectivity index (χ0) is 19.5. The third-order valence-electron chi connectivity index (χ3n) is 5.76. The summed E-state index contributed by atoms with van der Waals surface area (Å²) in [5, 5.41) is 8.88. The van der Waals surface area contributed by atoms with E-state index in [1.165, 1.54) is 49.0 Å². The van der Waals surface area contributed by atoms with Crippen molar-refractivity contribution in [1.82, 2.24) is 20.1 Å². The van der Waals surface area contributed by atoms with Crippen LogP contribution < -0.4 is 0 Å². The first-order valence-electron chi connectivity index (χ1n) is 10.0. The van der Waals surface area contributed by atoms with E-state index in [1.54, 1.807) is 0 Å². The summed E-state index contributed by atoms with van der Waals surface area (Å²) in [6.45, 7) is 1.18. The minimum absolute atomic E-state index is 0.523. The Bertz CT molecular complexity index is 894. The van der Waals surface area contributed by atoms with Crippen LogP contribution in [0.5, 0.6) is 0 Å². The number of nitrogens with zero attached hydrogens (tertiary/aromatic N) is 3. The molecule has 1 saturated carbocycles. The molecule has 1 aromatic carbocycles. The second-order valence-corrected chi connectivity index (χ2v) is 8.52. The summed E-state index contributed by atoms with van der Waals surface area (Å²) in [4.78, 5) is 6.50. The van der Waals surface area contributed by atoms with Gasteiger partial charge in [0, 0.05) is 46.7 Å². The van der Waals surface area contributed by atoms with Crippen LogP contribution in [0, 0.1) is 5.92 Å². The summed E-state index contributed by atoms with van der Waals surface area (Å²) < 4.78 is 0. The van der Waals surface area contributed by atoms with Crippen LogP contribution in [0.25, 0.3) is 22.4 Å². The lowest BCUT2D eigenvalue weighted by Gasteiger charge is -2.30. The van der Waals surface area contributed by atoms with Gasteiger partial charge >= 0.3 is 0 Å². The highest BCUT2D eigenvalue weighted by Crippen LogP contribution is 2.42. The number of pyridine rings is 1. The summed E-state index contributed by atoms with van der Waals surface area (Å²) in [5.74, 6) is 1.32. The average Bonchev–Trinajstić information content (AvgIpc) is 3.14. The number of H-pyrrole nitrogens is 1. The van der Waals surface area contributed by atoms with Gasteiger partial charge in [0.2, 0.25) is 0 Å². The molecule has 1 aliphatic carbocycles. The molecule has 1 N–H and O–H groups in total. The normalized spacial score (nSPS) is 19.9. The molecule has 0 saturated heterocycles. The van der Waals surface area contributed by atoms with Gasteiger partial charge in [0.25, 0.3) is 0 Å². The summed E-state index contributed by atoms with van der Waals surface area (Å²) in [5.41, 5.74) is 5.72. The van der Waals surface area contributed by atoms with E-state index < -0.39 is 0 Å². The van der Waals surface area contributed by atoms with Gasteiger partial charge in [0.15, 0.2) is 0 Å². The fraction of sp³-hybridized carbons (Fsp3) is 0.391. The number of benzene rings is 1. The summed E-state index contributed by atoms with van der Waals surface area (Å²) in [6, 6.07) is 12.1. The molecule has 1 aliphatic rings. The molecule has 2 heterocycles. The predicted molar refractivity (Wildman–Crippen MR) is 116 cm³/mol. The first kappa shape index (κ1) is 19.2. The maximum Gasteiger partial charge on any atom is 0.100 e. The quantitative estimate of drug-likeness (QED) is 0.610. The molecule has 0 aliphatic heterocycles. The first-order valence-corrected chi connectivity index (χ1v) is 10.4. The molecule has 28 heavy (non-hydrogen) atoms. The zero-order valence-corrected chi connectivity index (χ0v) is 17.3. The van der Waals surface area contributed by atoms with Crippen molar-refractivity contribution in [1.29, 1.82) is 0 Å². The van der Waals surface area contributed by atoms with E-state index in [9.17, 15) is 0 Å². The number of hydrogen-bond donors (Lipinski definition) is 1. The van der Waals surface area contributed by atoms with E-state index in [0.29, 0.717) is 5.92 Å². The van der Waals surface area contributed by atoms with Crippen molar-refractivity contribution in [3.63, 3.8) is 0 Å². The molecule has 0 spiro atoms. The number of halogens is 1. The van der Waals surface area contributed by atoms with Gasteiger partial charge in [-0.15, -0.1) is 0 Å². The van der Waals surface area contributed by atoms with Crippen molar-refractivity contribution in [2.45, 2.75) is 31.6 Å². The highest BCUT2D eigenvalue weighted by molar-refractivity contribution is 6.30. The van der Waals surface area contributed by atoms with Crippen LogP contribution in [0.1, 0.15) is 37.3 Å². The number of aromatic nitrogens is 3. The number of nitrogens with one attached hydrogen (secondary N) is 1. The van der Waals surface area contributed by atoms with Crippen LogP contribution >= 0.6 is 11.6 Å². The minimum atomic E-state index is 0.523. The summed E-state index contributed by atoms with van der Waals surface area (Å²) in [7, 11) is 4.34. The van der Waals surface area contributed by atoms with E-state index in [4.69, 9.17) is 16.7 Å². The Morgan fingerprint density at radius 2 is 1.64 bits per heavy atom. The average molecular weight is 395 g/mol. The Balaban J connectivity index is 1.68. The first-order chi connectivity index (χ1) is 13.6. The van der Waals surface area contributed by atoms with Gasteiger partial charge in [-0.05, 0) is 75.5 Å². The van der Waals surface area contributed by atoms with E-state index in [1.807, 2.05) is 36.7 Å². The maximum absolute atomic E-state index is 6.09. The fourth-order valence-electron chi connectivity index (χ4n) is 4.43. The van der Waals surface area contributed by atoms with Crippen molar-refractivity contribution in [3.8, 4) is 22.4 Å². The topological polar surface area (TPSA) is 44.8 Å². The monoisotopic (exact) mass is 394 g/mol. The molecule has 3 aromatic rings. The van der Waals surface area contributed by atoms with Gasteiger partial charge in [-0.1, -0.05) is 23.7 Å². The number of hydrogen-bond acceptors (Lipinski definition) is 3. The van der Waals surface area contributed by atoms with E-state index in [-0.39, 0.29) is 0 Å². The Morgan fingerprint density at radius 3 is 2.29 bits per heavy atom. The van der Waals surface area contributed by atoms with Gasteiger partial charge < -0.3 is 4.90 Å². The van der Waals surface area contributed by atoms with Crippen molar-refractivity contribution in [2.75, 3.05) is 20.6 Å². The Morgan fingerprint density at radius 1 is 0.964 bits per heavy atom. The third-order valence-corrected chi connectivity index (χ3v) is 6.01. The predicted octanol–water partition coefficient (Wildman–Crippen LogP) is 5.63. The van der Waals surface area contributed by atoms with E-state index in [0.717, 1.165) is 22.2 Å². The lowest BCUT2D eigenvalue weighted by molar-refractivity contribution is 0.248. The molecule has 0 bridgehead atoms. The fourth-order valence-corrected chi connectivity index (χ4v) is 4.55. The molecular weight excluding hydrogens is 368 g/mol. The van der Waals surface area contributed by atoms with Crippen molar-refractivity contribution < 1.29 is 0 Å². The third kappa shape index (κ3) is 4.13. The molecule has 0 radical (unpaired) electrons. The van der Waals surface area contributed by atoms with Gasteiger partial charge in [0.05, 0.1) is 0 Å². The summed E-state index contributed by atoms with van der Waals surface area (Å²) in [6.07, 6.45) is 8.66. The van der Waals surface area contributed by atoms with Crippen LogP contribution in [0.3, 0.4) is 0 Å². The smallest absolute Gasteiger partial charge is 0.100 e. The zero-order valence-electron chi connectivity index (χ0n) is 16.5. The van der Waals surface area contributed by atoms with E-state index in [2.05, 4.69) is 41.2 Å². The molecule has 4 nitrogen and oxygen atoms in total. The van der Waals surface area contributed by atoms with E-state index >= 15 is 0 Å². The van der Waals surface area contributed by atoms with Gasteiger partial charge in [-0.2, -0.15) is 5.10 Å². The SMILES string of the molecule is CN(C)CC1CCC(c2[nH]nc(-c3ccc(Cl)cc3)c2-c2ccncc2)CC1. The second kappa shape index (κ2) is 8.46. The van der Waals surface area contributed by atoms with Crippen LogP contribution in [0.2, 0.25) is 5.02 Å². The lowest BCUT2D eigenvalue weighted by atomic mass is 9.78. The highest BCUT2D eigenvalue weighted by atomic mass is 35.5.